The zero-order chi connectivity index (χ0) is 16.9. The van der Waals surface area contributed by atoms with Gasteiger partial charge in [0.05, 0.1) is 0 Å². The zero-order valence-corrected chi connectivity index (χ0v) is 16.7. The molecule has 6 atom stereocenters. The van der Waals surface area contributed by atoms with Gasteiger partial charge in [0, 0.05) is 12.1 Å². The van der Waals surface area contributed by atoms with Crippen molar-refractivity contribution in [2.45, 2.75) is 99.6 Å². The third-order valence-corrected chi connectivity index (χ3v) is 6.54. The lowest BCUT2D eigenvalue weighted by Gasteiger charge is -2.32. The van der Waals surface area contributed by atoms with Crippen molar-refractivity contribution in [2.75, 3.05) is 0 Å². The lowest BCUT2D eigenvalue weighted by molar-refractivity contribution is 0.185. The van der Waals surface area contributed by atoms with E-state index in [-0.39, 0.29) is 0 Å². The van der Waals surface area contributed by atoms with Gasteiger partial charge in [-0.25, -0.2) is 0 Å². The summed E-state index contributed by atoms with van der Waals surface area (Å²) in [4.78, 5) is 0. The summed E-state index contributed by atoms with van der Waals surface area (Å²) in [7, 11) is 0. The topological polar surface area (TPSA) is 21.9 Å². The molecule has 0 aliphatic carbocycles. The largest absolute Gasteiger partial charge is 0.308 e. The van der Waals surface area contributed by atoms with Crippen LogP contribution in [-0.2, 0) is 0 Å². The van der Waals surface area contributed by atoms with E-state index in [1.54, 1.807) is 0 Å². The molecule has 1 heterocycles. The molecule has 0 aromatic heterocycles. The second kappa shape index (κ2) is 9.30. The Morgan fingerprint density at radius 2 is 1.36 bits per heavy atom. The Kier molecular flexibility index (Phi) is 8.46. The third kappa shape index (κ3) is 6.22. The van der Waals surface area contributed by atoms with Crippen LogP contribution in [0.3, 0.4) is 0 Å². The molecule has 0 amide bonds. The molecule has 6 unspecified atom stereocenters. The minimum Gasteiger partial charge on any atom is -0.308 e. The summed E-state index contributed by atoms with van der Waals surface area (Å²) in [6.45, 7) is 19.2. The highest BCUT2D eigenvalue weighted by Gasteiger charge is 2.42. The van der Waals surface area contributed by atoms with Crippen molar-refractivity contribution < 1.29 is 0 Å². The van der Waals surface area contributed by atoms with Crippen molar-refractivity contribution in [2.24, 2.45) is 35.5 Å². The fraction of sp³-hybridized carbons (Fsp3) is 1.00. The Morgan fingerprint density at radius 3 is 1.77 bits per heavy atom. The van der Waals surface area contributed by atoms with Crippen molar-refractivity contribution in [3.05, 3.63) is 0 Å². The van der Waals surface area contributed by atoms with Gasteiger partial charge in [-0.15, -0.1) is 0 Å². The van der Waals surface area contributed by atoms with E-state index in [1.807, 2.05) is 0 Å². The fourth-order valence-corrected chi connectivity index (χ4v) is 4.06. The molecule has 1 rings (SSSR count). The predicted molar refractivity (Wildman–Crippen MR) is 100 cm³/mol. The highest BCUT2D eigenvalue weighted by molar-refractivity contribution is 5.01. The molecule has 1 aliphatic heterocycles. The van der Waals surface area contributed by atoms with Crippen LogP contribution in [0.1, 0.15) is 87.5 Å². The number of hydrogen-bond acceptors (Lipinski definition) is 1. The molecule has 1 N–H and O–H groups in total. The van der Waals surface area contributed by atoms with Crippen LogP contribution in [0.15, 0.2) is 0 Å². The van der Waals surface area contributed by atoms with Crippen LogP contribution in [0, 0.1) is 35.5 Å². The van der Waals surface area contributed by atoms with Gasteiger partial charge in [0.1, 0.15) is 0 Å². The molecule has 1 heteroatoms. The smallest absolute Gasteiger partial charge is 0.0252 e. The first-order valence-electron chi connectivity index (χ1n) is 10.0. The Labute approximate surface area is 141 Å². The van der Waals surface area contributed by atoms with E-state index in [0.717, 1.165) is 47.6 Å². The van der Waals surface area contributed by atoms with Crippen LogP contribution in [-0.4, -0.2) is 12.1 Å². The van der Waals surface area contributed by atoms with Crippen molar-refractivity contribution in [1.82, 2.24) is 5.32 Å². The van der Waals surface area contributed by atoms with Crippen LogP contribution in [0.5, 0.6) is 0 Å². The molecule has 1 nitrogen and oxygen atoms in total. The maximum atomic E-state index is 3.70. The molecule has 0 bridgehead atoms. The Balaban J connectivity index is 2.54. The highest BCUT2D eigenvalue weighted by atomic mass is 15.1. The summed E-state index contributed by atoms with van der Waals surface area (Å²) in [5, 5.41) is 3.70. The summed E-state index contributed by atoms with van der Waals surface area (Å²) >= 11 is 0. The first-order valence-corrected chi connectivity index (χ1v) is 10.0. The summed E-state index contributed by atoms with van der Waals surface area (Å²) in [5.41, 5.74) is 0. The Hall–Kier alpha value is -0.0400. The summed E-state index contributed by atoms with van der Waals surface area (Å²) in [6.07, 6.45) is 7.06. The zero-order valence-electron chi connectivity index (χ0n) is 16.7. The van der Waals surface area contributed by atoms with Crippen LogP contribution in [0.4, 0.5) is 0 Å². The quantitative estimate of drug-likeness (QED) is 0.455. The Morgan fingerprint density at radius 1 is 0.818 bits per heavy atom. The molecule has 0 saturated carbocycles. The molecular formula is C21H43N. The average Bonchev–Trinajstić information content (AvgIpc) is 3.17. The van der Waals surface area contributed by atoms with Gasteiger partial charge in [0.15, 0.2) is 0 Å². The van der Waals surface area contributed by atoms with Gasteiger partial charge < -0.3 is 5.32 Å². The third-order valence-electron chi connectivity index (χ3n) is 6.54. The van der Waals surface area contributed by atoms with E-state index >= 15 is 0 Å². The van der Waals surface area contributed by atoms with E-state index in [4.69, 9.17) is 0 Å². The van der Waals surface area contributed by atoms with Crippen LogP contribution < -0.4 is 5.32 Å². The average molecular weight is 310 g/mol. The minimum absolute atomic E-state index is 0.752. The van der Waals surface area contributed by atoms with Crippen molar-refractivity contribution in [3.8, 4) is 0 Å². The maximum absolute atomic E-state index is 3.70. The molecule has 22 heavy (non-hydrogen) atoms. The normalized spacial score (nSPS) is 27.0. The van der Waals surface area contributed by atoms with Gasteiger partial charge in [-0.2, -0.15) is 0 Å². The minimum atomic E-state index is 0.752. The van der Waals surface area contributed by atoms with Crippen molar-refractivity contribution in [3.63, 3.8) is 0 Å². The van der Waals surface area contributed by atoms with Gasteiger partial charge in [0.25, 0.3) is 0 Å². The second-order valence-corrected chi connectivity index (χ2v) is 8.93. The predicted octanol–water partition coefficient (Wildman–Crippen LogP) is 6.13. The molecule has 0 aromatic carbocycles. The highest BCUT2D eigenvalue weighted by Crippen LogP contribution is 2.38. The van der Waals surface area contributed by atoms with E-state index in [1.165, 1.54) is 32.1 Å². The molecule has 1 fully saturated rings. The maximum Gasteiger partial charge on any atom is 0.0252 e. The van der Waals surface area contributed by atoms with E-state index in [9.17, 15) is 0 Å². The van der Waals surface area contributed by atoms with Gasteiger partial charge in [-0.3, -0.25) is 0 Å². The number of nitrogens with one attached hydrogen (secondary N) is 1. The fourth-order valence-electron chi connectivity index (χ4n) is 4.06. The van der Waals surface area contributed by atoms with Crippen LogP contribution >= 0.6 is 0 Å². The summed E-state index contributed by atoms with van der Waals surface area (Å²) < 4.78 is 0. The van der Waals surface area contributed by atoms with Crippen LogP contribution in [0.2, 0.25) is 0 Å². The number of rotatable bonds is 11. The lowest BCUT2D eigenvalue weighted by atomic mass is 9.73. The molecule has 1 saturated heterocycles. The number of hydrogen-bond donors (Lipinski definition) is 1. The van der Waals surface area contributed by atoms with E-state index < -0.39 is 0 Å². The first-order chi connectivity index (χ1) is 10.3. The van der Waals surface area contributed by atoms with Gasteiger partial charge in [-0.05, 0) is 48.9 Å². The second-order valence-electron chi connectivity index (χ2n) is 8.93. The van der Waals surface area contributed by atoms with Gasteiger partial charge >= 0.3 is 0 Å². The molecule has 1 aliphatic rings. The Bertz CT molecular complexity index is 296. The van der Waals surface area contributed by atoms with Crippen molar-refractivity contribution >= 4 is 0 Å². The standard InChI is InChI=1S/C21H43N/c1-9-19(11-10-14(2)3)12-13-20(21-18(8)22-21)17(7)16(6)15(4)5/h14-22H,9-13H2,1-8H3. The van der Waals surface area contributed by atoms with Crippen molar-refractivity contribution in [1.29, 1.82) is 0 Å². The molecular weight excluding hydrogens is 266 g/mol. The molecule has 0 aromatic rings. The summed E-state index contributed by atoms with van der Waals surface area (Å²) in [6, 6.07) is 1.54. The first kappa shape index (κ1) is 20.0. The van der Waals surface area contributed by atoms with Gasteiger partial charge in [-0.1, -0.05) is 74.1 Å². The van der Waals surface area contributed by atoms with Gasteiger partial charge in [0.2, 0.25) is 0 Å². The summed E-state index contributed by atoms with van der Waals surface area (Å²) in [5.74, 6) is 5.14. The van der Waals surface area contributed by atoms with Crippen LogP contribution in [0.25, 0.3) is 0 Å². The molecule has 0 spiro atoms. The SMILES string of the molecule is CCC(CCC(C)C)CCC(C(C)C(C)C(C)C)C1NC1C. The van der Waals surface area contributed by atoms with E-state index in [2.05, 4.69) is 60.7 Å². The lowest BCUT2D eigenvalue weighted by Crippen LogP contribution is -2.28. The molecule has 132 valence electrons. The molecule has 0 radical (unpaired) electrons. The monoisotopic (exact) mass is 309 g/mol. The van der Waals surface area contributed by atoms with E-state index in [0.29, 0.717) is 0 Å².